The van der Waals surface area contributed by atoms with Crippen LogP contribution in [0.4, 0.5) is 0 Å². The maximum atomic E-state index is 12.4. The third-order valence-corrected chi connectivity index (χ3v) is 8.98. The number of aliphatic carboxylic acids is 1. The summed E-state index contributed by atoms with van der Waals surface area (Å²) in [5, 5.41) is 10.2. The molecule has 0 heterocycles. The van der Waals surface area contributed by atoms with Crippen molar-refractivity contribution in [2.45, 2.75) is 78.2 Å². The maximum Gasteiger partial charge on any atom is 0.313 e. The summed E-state index contributed by atoms with van der Waals surface area (Å²) in [6.45, 7) is 9.92. The van der Waals surface area contributed by atoms with Crippen molar-refractivity contribution in [2.24, 2.45) is 34.0 Å². The number of hydrogen-bond acceptors (Lipinski definition) is 3. The van der Waals surface area contributed by atoms with E-state index < -0.39 is 17.5 Å². The molecule has 0 saturated heterocycles. The molecule has 4 rings (SSSR count). The molecular weight excluding hydrogens is 328 g/mol. The van der Waals surface area contributed by atoms with Crippen LogP contribution in [-0.4, -0.2) is 23.1 Å². The first-order chi connectivity index (χ1) is 12.1. The molecule has 2 bridgehead atoms. The zero-order valence-corrected chi connectivity index (χ0v) is 16.3. The Morgan fingerprint density at radius 1 is 1.12 bits per heavy atom. The van der Waals surface area contributed by atoms with E-state index in [2.05, 4.69) is 13.5 Å². The molecule has 0 aromatic rings. The highest BCUT2D eigenvalue weighted by atomic mass is 16.5. The van der Waals surface area contributed by atoms with Gasteiger partial charge in [-0.15, -0.1) is 0 Å². The SMILES string of the molecule is C=C1C[C@@]23CC[C@H]4[C@@](C)(CC[C@H](OC(C)=O)[C@@]4(C)C(=O)O)[C@H]2CC[C@@H]1C3. The molecule has 1 N–H and O–H groups in total. The van der Waals surface area contributed by atoms with Crippen molar-refractivity contribution >= 4 is 11.9 Å². The molecule has 0 aromatic carbocycles. The van der Waals surface area contributed by atoms with Crippen LogP contribution in [0.5, 0.6) is 0 Å². The van der Waals surface area contributed by atoms with E-state index in [1.54, 1.807) is 0 Å². The van der Waals surface area contributed by atoms with E-state index in [1.165, 1.54) is 31.8 Å². The van der Waals surface area contributed by atoms with E-state index >= 15 is 0 Å². The smallest absolute Gasteiger partial charge is 0.313 e. The monoisotopic (exact) mass is 360 g/mol. The summed E-state index contributed by atoms with van der Waals surface area (Å²) in [6.07, 6.45) is 7.94. The Morgan fingerprint density at radius 3 is 2.50 bits per heavy atom. The van der Waals surface area contributed by atoms with Gasteiger partial charge in [0.15, 0.2) is 0 Å². The van der Waals surface area contributed by atoms with Gasteiger partial charge in [-0.3, -0.25) is 9.59 Å². The first-order valence-electron chi connectivity index (χ1n) is 10.2. The predicted octanol–water partition coefficient (Wildman–Crippen LogP) is 4.58. The Kier molecular flexibility index (Phi) is 3.88. The minimum absolute atomic E-state index is 0.0115. The number of hydrogen-bond donors (Lipinski definition) is 1. The normalized spacial score (nSPS) is 49.9. The van der Waals surface area contributed by atoms with Crippen molar-refractivity contribution in [2.75, 3.05) is 0 Å². The summed E-state index contributed by atoms with van der Waals surface area (Å²) >= 11 is 0. The van der Waals surface area contributed by atoms with Crippen molar-refractivity contribution in [3.8, 4) is 0 Å². The number of rotatable bonds is 2. The molecule has 144 valence electrons. The average Bonchev–Trinajstić information content (AvgIpc) is 2.79. The third kappa shape index (κ3) is 2.20. The number of ether oxygens (including phenoxy) is 1. The predicted molar refractivity (Wildman–Crippen MR) is 98.4 cm³/mol. The van der Waals surface area contributed by atoms with Gasteiger partial charge in [0.2, 0.25) is 0 Å². The quantitative estimate of drug-likeness (QED) is 0.578. The largest absolute Gasteiger partial charge is 0.481 e. The van der Waals surface area contributed by atoms with Crippen LogP contribution in [0, 0.1) is 34.0 Å². The molecule has 4 nitrogen and oxygen atoms in total. The average molecular weight is 360 g/mol. The second kappa shape index (κ2) is 5.59. The van der Waals surface area contributed by atoms with Gasteiger partial charge >= 0.3 is 11.9 Å². The standard InChI is InChI=1S/C22H32O4/c1-13-11-22-10-7-16-20(3,17(22)6-5-15(13)12-22)9-8-18(26-14(2)23)21(16,4)19(24)25/h15-18H,1,5-12H2,2-4H3,(H,24,25)/t15-,16+,17-,18+,20-,21+,22-/m1/s1. The summed E-state index contributed by atoms with van der Waals surface area (Å²) in [6, 6.07) is 0. The van der Waals surface area contributed by atoms with Gasteiger partial charge in [-0.05, 0) is 86.9 Å². The second-order valence-corrected chi connectivity index (χ2v) is 10.1. The summed E-state index contributed by atoms with van der Waals surface area (Å²) in [5.41, 5.74) is 0.799. The van der Waals surface area contributed by atoms with Crippen LogP contribution in [0.15, 0.2) is 12.2 Å². The van der Waals surface area contributed by atoms with Gasteiger partial charge < -0.3 is 9.84 Å². The zero-order chi connectivity index (χ0) is 18.9. The van der Waals surface area contributed by atoms with Crippen molar-refractivity contribution < 1.29 is 19.4 Å². The van der Waals surface area contributed by atoms with Crippen molar-refractivity contribution in [1.82, 2.24) is 0 Å². The van der Waals surface area contributed by atoms with Crippen molar-refractivity contribution in [1.29, 1.82) is 0 Å². The molecule has 0 aliphatic heterocycles. The molecule has 4 fully saturated rings. The summed E-state index contributed by atoms with van der Waals surface area (Å²) in [7, 11) is 0. The fourth-order valence-corrected chi connectivity index (χ4v) is 7.92. The molecule has 0 amide bonds. The first-order valence-corrected chi connectivity index (χ1v) is 10.2. The van der Waals surface area contributed by atoms with E-state index in [1.807, 2.05) is 6.92 Å². The molecule has 0 unspecified atom stereocenters. The number of allylic oxidation sites excluding steroid dienone is 1. The van der Waals surface area contributed by atoms with Crippen LogP contribution in [-0.2, 0) is 14.3 Å². The lowest BCUT2D eigenvalue weighted by Gasteiger charge is -2.64. The van der Waals surface area contributed by atoms with Gasteiger partial charge in [0.05, 0.1) is 0 Å². The molecule has 4 aliphatic carbocycles. The fourth-order valence-electron chi connectivity index (χ4n) is 7.92. The number of carbonyl (C=O) groups is 2. The Bertz CT molecular complexity index is 669. The lowest BCUT2D eigenvalue weighted by Crippen LogP contribution is -2.63. The van der Waals surface area contributed by atoms with Crippen LogP contribution in [0.2, 0.25) is 0 Å². The van der Waals surface area contributed by atoms with Gasteiger partial charge in [-0.1, -0.05) is 19.1 Å². The molecule has 4 saturated carbocycles. The van der Waals surface area contributed by atoms with Gasteiger partial charge in [-0.25, -0.2) is 0 Å². The van der Waals surface area contributed by atoms with Crippen LogP contribution in [0.1, 0.15) is 72.1 Å². The highest BCUT2D eigenvalue weighted by Crippen LogP contribution is 2.72. The molecule has 0 radical (unpaired) electrons. The molecule has 4 aliphatic rings. The fraction of sp³-hybridized carbons (Fsp3) is 0.818. The van der Waals surface area contributed by atoms with Gasteiger partial charge in [0.25, 0.3) is 0 Å². The summed E-state index contributed by atoms with van der Waals surface area (Å²) < 4.78 is 5.54. The highest BCUT2D eigenvalue weighted by Gasteiger charge is 2.67. The molecule has 0 aromatic heterocycles. The Morgan fingerprint density at radius 2 is 1.85 bits per heavy atom. The van der Waals surface area contributed by atoms with Crippen LogP contribution < -0.4 is 0 Å². The molecule has 1 spiro atoms. The van der Waals surface area contributed by atoms with Crippen molar-refractivity contribution in [3.05, 3.63) is 12.2 Å². The topological polar surface area (TPSA) is 63.6 Å². The van der Waals surface area contributed by atoms with Gasteiger partial charge in [0.1, 0.15) is 11.5 Å². The van der Waals surface area contributed by atoms with Crippen LogP contribution >= 0.6 is 0 Å². The number of carboxylic acids is 1. The van der Waals surface area contributed by atoms with Crippen LogP contribution in [0.3, 0.4) is 0 Å². The number of carbonyl (C=O) groups excluding carboxylic acids is 1. The van der Waals surface area contributed by atoms with Crippen LogP contribution in [0.25, 0.3) is 0 Å². The number of fused-ring (bicyclic) bond motifs is 3. The highest BCUT2D eigenvalue weighted by molar-refractivity contribution is 5.77. The minimum atomic E-state index is -0.993. The number of carboxylic acid groups (broad SMARTS) is 1. The van der Waals surface area contributed by atoms with E-state index in [9.17, 15) is 14.7 Å². The Hall–Kier alpha value is -1.32. The lowest BCUT2D eigenvalue weighted by molar-refractivity contribution is -0.212. The Labute approximate surface area is 156 Å². The number of esters is 1. The molecule has 26 heavy (non-hydrogen) atoms. The maximum absolute atomic E-state index is 12.4. The molecular formula is C22H32O4. The molecule has 7 atom stereocenters. The van der Waals surface area contributed by atoms with Crippen molar-refractivity contribution in [3.63, 3.8) is 0 Å². The Balaban J connectivity index is 1.73. The first kappa shape index (κ1) is 18.1. The lowest BCUT2D eigenvalue weighted by atomic mass is 9.40. The van der Waals surface area contributed by atoms with Gasteiger partial charge in [0, 0.05) is 6.92 Å². The summed E-state index contributed by atoms with van der Waals surface area (Å²) in [5.74, 6) is 0.147. The van der Waals surface area contributed by atoms with E-state index in [-0.39, 0.29) is 17.3 Å². The third-order valence-electron chi connectivity index (χ3n) is 8.98. The van der Waals surface area contributed by atoms with E-state index in [4.69, 9.17) is 4.74 Å². The minimum Gasteiger partial charge on any atom is -0.481 e. The summed E-state index contributed by atoms with van der Waals surface area (Å²) in [4.78, 5) is 24.0. The van der Waals surface area contributed by atoms with Gasteiger partial charge in [-0.2, -0.15) is 0 Å². The molecule has 4 heteroatoms. The zero-order valence-electron chi connectivity index (χ0n) is 16.3. The van der Waals surface area contributed by atoms with E-state index in [0.717, 1.165) is 25.7 Å². The van der Waals surface area contributed by atoms with E-state index in [0.29, 0.717) is 23.7 Å². The second-order valence-electron chi connectivity index (χ2n) is 10.1.